The van der Waals surface area contributed by atoms with E-state index in [-0.39, 0.29) is 13.1 Å². The van der Waals surface area contributed by atoms with Crippen LogP contribution in [0.3, 0.4) is 0 Å². The standard InChI is InChI=1S/C10H10N2O5/c1-11-4-10(5-11,8(15)9(16)17)12-6(13)2-3-7(12)14/h2-3H,4-5H2,1H3,(H,16,17). The smallest absolute Gasteiger partial charge is 0.374 e. The fourth-order valence-corrected chi connectivity index (χ4v) is 2.25. The molecule has 7 nitrogen and oxygen atoms in total. The van der Waals surface area contributed by atoms with Gasteiger partial charge in [-0.05, 0) is 7.05 Å². The summed E-state index contributed by atoms with van der Waals surface area (Å²) in [6.07, 6.45) is 2.08. The summed E-state index contributed by atoms with van der Waals surface area (Å²) in [4.78, 5) is 47.9. The molecule has 0 radical (unpaired) electrons. The fourth-order valence-electron chi connectivity index (χ4n) is 2.25. The second kappa shape index (κ2) is 3.49. The highest BCUT2D eigenvalue weighted by molar-refractivity contribution is 6.38. The van der Waals surface area contributed by atoms with Crippen molar-refractivity contribution < 1.29 is 24.3 Å². The summed E-state index contributed by atoms with van der Waals surface area (Å²) in [7, 11) is 1.67. The highest BCUT2D eigenvalue weighted by Crippen LogP contribution is 2.30. The first kappa shape index (κ1) is 11.5. The molecule has 0 aromatic rings. The van der Waals surface area contributed by atoms with Gasteiger partial charge in [0, 0.05) is 25.2 Å². The molecule has 7 heteroatoms. The summed E-state index contributed by atoms with van der Waals surface area (Å²) in [6.45, 7) is 0.106. The lowest BCUT2D eigenvalue weighted by molar-refractivity contribution is -0.168. The van der Waals surface area contributed by atoms with Gasteiger partial charge in [-0.25, -0.2) is 4.79 Å². The first-order valence-corrected chi connectivity index (χ1v) is 4.91. The number of carboxylic acids is 1. The van der Waals surface area contributed by atoms with Crippen LogP contribution < -0.4 is 0 Å². The van der Waals surface area contributed by atoms with Gasteiger partial charge in [0.2, 0.25) is 0 Å². The summed E-state index contributed by atoms with van der Waals surface area (Å²) in [6, 6.07) is 0. The minimum atomic E-state index is -1.63. The lowest BCUT2D eigenvalue weighted by Crippen LogP contribution is -2.75. The van der Waals surface area contributed by atoms with Crippen molar-refractivity contribution in [2.45, 2.75) is 5.54 Å². The topological polar surface area (TPSA) is 95.0 Å². The number of aliphatic carboxylic acids is 1. The van der Waals surface area contributed by atoms with Gasteiger partial charge in [0.15, 0.2) is 0 Å². The lowest BCUT2D eigenvalue weighted by Gasteiger charge is -2.50. The molecular formula is C10H10N2O5. The molecule has 17 heavy (non-hydrogen) atoms. The normalized spacial score (nSPS) is 22.8. The maximum absolute atomic E-state index is 11.7. The van der Waals surface area contributed by atoms with E-state index in [1.807, 2.05) is 0 Å². The van der Waals surface area contributed by atoms with E-state index in [0.717, 1.165) is 17.1 Å². The molecule has 0 unspecified atom stereocenters. The van der Waals surface area contributed by atoms with Gasteiger partial charge in [0.25, 0.3) is 17.6 Å². The minimum absolute atomic E-state index is 0.0529. The Morgan fingerprint density at radius 1 is 1.24 bits per heavy atom. The Bertz CT molecular complexity index is 443. The van der Waals surface area contributed by atoms with Crippen molar-refractivity contribution in [3.8, 4) is 0 Å². The van der Waals surface area contributed by atoms with E-state index >= 15 is 0 Å². The zero-order chi connectivity index (χ0) is 12.8. The van der Waals surface area contributed by atoms with Gasteiger partial charge >= 0.3 is 5.97 Å². The quantitative estimate of drug-likeness (QED) is 0.462. The number of likely N-dealkylation sites (N-methyl/N-ethyl adjacent to an activating group) is 1. The van der Waals surface area contributed by atoms with Crippen LogP contribution in [0.4, 0.5) is 0 Å². The number of Topliss-reactive ketones (excluding diaryl/α,β-unsaturated/α-hetero) is 1. The number of ketones is 1. The number of carbonyl (C=O) groups is 4. The Hall–Kier alpha value is -2.02. The van der Waals surface area contributed by atoms with E-state index < -0.39 is 29.1 Å². The maximum atomic E-state index is 11.7. The molecular weight excluding hydrogens is 228 g/mol. The third kappa shape index (κ3) is 1.47. The van der Waals surface area contributed by atoms with E-state index in [0.29, 0.717) is 0 Å². The summed E-state index contributed by atoms with van der Waals surface area (Å²) in [5, 5.41) is 8.76. The average molecular weight is 238 g/mol. The summed E-state index contributed by atoms with van der Waals surface area (Å²) < 4.78 is 0. The van der Waals surface area contributed by atoms with Crippen LogP contribution in [-0.2, 0) is 19.2 Å². The number of carboxylic acid groups (broad SMARTS) is 1. The van der Waals surface area contributed by atoms with Crippen LogP contribution in [0.5, 0.6) is 0 Å². The van der Waals surface area contributed by atoms with Gasteiger partial charge in [-0.15, -0.1) is 0 Å². The highest BCUT2D eigenvalue weighted by Gasteiger charge is 2.58. The molecule has 2 heterocycles. The largest absolute Gasteiger partial charge is 0.475 e. The van der Waals surface area contributed by atoms with Crippen LogP contribution in [0.1, 0.15) is 0 Å². The number of nitrogens with zero attached hydrogens (tertiary/aromatic N) is 2. The van der Waals surface area contributed by atoms with Gasteiger partial charge in [-0.1, -0.05) is 0 Å². The molecule has 1 saturated heterocycles. The number of carbonyl (C=O) groups excluding carboxylic acids is 3. The van der Waals surface area contributed by atoms with Gasteiger partial charge in [-0.2, -0.15) is 0 Å². The van der Waals surface area contributed by atoms with Crippen molar-refractivity contribution in [1.82, 2.24) is 9.80 Å². The first-order valence-electron chi connectivity index (χ1n) is 4.91. The zero-order valence-electron chi connectivity index (χ0n) is 9.04. The summed E-state index contributed by atoms with van der Waals surface area (Å²) >= 11 is 0. The van der Waals surface area contributed by atoms with Gasteiger partial charge < -0.3 is 10.0 Å². The van der Waals surface area contributed by atoms with Crippen molar-refractivity contribution in [1.29, 1.82) is 0 Å². The second-order valence-electron chi connectivity index (χ2n) is 4.18. The molecule has 0 aromatic heterocycles. The fraction of sp³-hybridized carbons (Fsp3) is 0.400. The van der Waals surface area contributed by atoms with Crippen molar-refractivity contribution in [3.05, 3.63) is 12.2 Å². The third-order valence-electron chi connectivity index (χ3n) is 2.92. The number of hydrogen-bond acceptors (Lipinski definition) is 5. The Labute approximate surface area is 96.3 Å². The first-order chi connectivity index (χ1) is 7.88. The highest BCUT2D eigenvalue weighted by atomic mass is 16.4. The molecule has 2 aliphatic heterocycles. The summed E-state index contributed by atoms with van der Waals surface area (Å²) in [5.74, 6) is -4.04. The molecule has 0 aromatic carbocycles. The molecule has 1 fully saturated rings. The molecule has 0 saturated carbocycles. The van der Waals surface area contributed by atoms with Crippen molar-refractivity contribution in [2.24, 2.45) is 0 Å². The van der Waals surface area contributed by atoms with Crippen molar-refractivity contribution >= 4 is 23.6 Å². The van der Waals surface area contributed by atoms with Gasteiger partial charge in [0.1, 0.15) is 5.54 Å². The number of likely N-dealkylation sites (tertiary alicyclic amines) is 1. The van der Waals surface area contributed by atoms with Crippen LogP contribution in [-0.4, -0.2) is 64.1 Å². The van der Waals surface area contributed by atoms with Gasteiger partial charge in [-0.3, -0.25) is 19.3 Å². The Morgan fingerprint density at radius 3 is 2.06 bits per heavy atom. The van der Waals surface area contributed by atoms with E-state index in [1.54, 1.807) is 11.9 Å². The van der Waals surface area contributed by atoms with Crippen LogP contribution in [0.2, 0.25) is 0 Å². The number of imide groups is 1. The lowest BCUT2D eigenvalue weighted by atomic mass is 9.83. The number of amides is 2. The Kier molecular flexibility index (Phi) is 2.35. The molecule has 90 valence electrons. The molecule has 0 aliphatic carbocycles. The third-order valence-corrected chi connectivity index (χ3v) is 2.92. The molecule has 1 N–H and O–H groups in total. The van der Waals surface area contributed by atoms with E-state index in [1.165, 1.54) is 0 Å². The number of rotatable bonds is 3. The molecule has 2 aliphatic rings. The predicted molar refractivity (Wildman–Crippen MR) is 53.9 cm³/mol. The molecule has 2 rings (SSSR count). The SMILES string of the molecule is CN1CC(C(=O)C(=O)O)(N2C(=O)C=CC2=O)C1. The Balaban J connectivity index is 2.37. The monoisotopic (exact) mass is 238 g/mol. The zero-order valence-corrected chi connectivity index (χ0v) is 9.04. The van der Waals surface area contributed by atoms with E-state index in [2.05, 4.69) is 0 Å². The molecule has 2 amide bonds. The average Bonchev–Trinajstić information content (AvgIpc) is 2.53. The van der Waals surface area contributed by atoms with Crippen LogP contribution in [0.15, 0.2) is 12.2 Å². The van der Waals surface area contributed by atoms with E-state index in [4.69, 9.17) is 5.11 Å². The van der Waals surface area contributed by atoms with Crippen LogP contribution >= 0.6 is 0 Å². The predicted octanol–water partition coefficient (Wildman–Crippen LogP) is -1.75. The maximum Gasteiger partial charge on any atom is 0.374 e. The Morgan fingerprint density at radius 2 is 1.71 bits per heavy atom. The van der Waals surface area contributed by atoms with Gasteiger partial charge in [0.05, 0.1) is 0 Å². The molecule has 0 bridgehead atoms. The number of hydrogen-bond donors (Lipinski definition) is 1. The van der Waals surface area contributed by atoms with Crippen LogP contribution in [0, 0.1) is 0 Å². The van der Waals surface area contributed by atoms with Crippen molar-refractivity contribution in [3.63, 3.8) is 0 Å². The summed E-state index contributed by atoms with van der Waals surface area (Å²) in [5.41, 5.74) is -1.54. The molecule has 0 spiro atoms. The molecule has 0 atom stereocenters. The van der Waals surface area contributed by atoms with E-state index in [9.17, 15) is 19.2 Å². The van der Waals surface area contributed by atoms with Crippen LogP contribution in [0.25, 0.3) is 0 Å². The van der Waals surface area contributed by atoms with Crippen molar-refractivity contribution in [2.75, 3.05) is 20.1 Å². The second-order valence-corrected chi connectivity index (χ2v) is 4.18. The minimum Gasteiger partial charge on any atom is -0.475 e.